The minimum atomic E-state index is -0.197. The summed E-state index contributed by atoms with van der Waals surface area (Å²) in [6.45, 7) is 8.83. The summed E-state index contributed by atoms with van der Waals surface area (Å²) in [5.74, 6) is 1.00. The highest BCUT2D eigenvalue weighted by molar-refractivity contribution is 5.51. The fourth-order valence-electron chi connectivity index (χ4n) is 3.20. The molecule has 0 bridgehead atoms. The molecule has 2 nitrogen and oxygen atoms in total. The summed E-state index contributed by atoms with van der Waals surface area (Å²) in [5, 5.41) is 0. The van der Waals surface area contributed by atoms with Crippen LogP contribution in [0.3, 0.4) is 0 Å². The molecule has 106 valence electrons. The monoisotopic (exact) mass is 261 g/mol. The molecule has 0 atom stereocenters. The Morgan fingerprint density at radius 2 is 1.74 bits per heavy atom. The number of aryl methyl sites for hydroxylation is 1. The van der Waals surface area contributed by atoms with E-state index in [1.54, 1.807) is 7.11 Å². The summed E-state index contributed by atoms with van der Waals surface area (Å²) in [6, 6.07) is 4.46. The Bertz CT molecular complexity index is 465. The lowest BCUT2D eigenvalue weighted by Gasteiger charge is -2.31. The van der Waals surface area contributed by atoms with Crippen LogP contribution in [0.25, 0.3) is 0 Å². The zero-order chi connectivity index (χ0) is 14.3. The van der Waals surface area contributed by atoms with Crippen molar-refractivity contribution in [3.8, 4) is 5.75 Å². The van der Waals surface area contributed by atoms with Gasteiger partial charge in [-0.15, -0.1) is 0 Å². The summed E-state index contributed by atoms with van der Waals surface area (Å²) in [6.07, 6.45) is 4.57. The van der Waals surface area contributed by atoms with E-state index in [1.165, 1.54) is 29.5 Å². The minimum absolute atomic E-state index is 0.0705. The Balaban J connectivity index is 2.63. The van der Waals surface area contributed by atoms with Crippen molar-refractivity contribution in [3.05, 3.63) is 28.8 Å². The predicted octanol–water partition coefficient (Wildman–Crippen LogP) is 4.03. The molecule has 0 unspecified atom stereocenters. The first-order valence-corrected chi connectivity index (χ1v) is 7.26. The molecule has 1 aromatic carbocycles. The van der Waals surface area contributed by atoms with E-state index < -0.39 is 0 Å². The zero-order valence-electron chi connectivity index (χ0n) is 13.0. The summed E-state index contributed by atoms with van der Waals surface area (Å²) < 4.78 is 5.76. The van der Waals surface area contributed by atoms with Gasteiger partial charge in [0.25, 0.3) is 0 Å². The van der Waals surface area contributed by atoms with Gasteiger partial charge in [-0.1, -0.05) is 51.3 Å². The highest BCUT2D eigenvalue weighted by Crippen LogP contribution is 2.44. The third kappa shape index (κ3) is 2.64. The van der Waals surface area contributed by atoms with E-state index in [0.29, 0.717) is 0 Å². The highest BCUT2D eigenvalue weighted by Gasteiger charge is 2.36. The van der Waals surface area contributed by atoms with Gasteiger partial charge in [-0.25, -0.2) is 0 Å². The van der Waals surface area contributed by atoms with Crippen LogP contribution in [-0.2, 0) is 11.0 Å². The van der Waals surface area contributed by atoms with E-state index in [9.17, 15) is 0 Å². The van der Waals surface area contributed by atoms with Crippen molar-refractivity contribution in [3.63, 3.8) is 0 Å². The molecule has 0 spiro atoms. The lowest BCUT2D eigenvalue weighted by Crippen LogP contribution is -2.34. The number of benzene rings is 1. The number of nitrogens with two attached hydrogens (primary N) is 1. The van der Waals surface area contributed by atoms with Gasteiger partial charge in [0.15, 0.2) is 0 Å². The summed E-state index contributed by atoms with van der Waals surface area (Å²) in [4.78, 5) is 0. The number of ether oxygens (including phenoxy) is 1. The van der Waals surface area contributed by atoms with Crippen LogP contribution in [0.5, 0.6) is 5.75 Å². The SMILES string of the molecule is COc1c(C(C)(C)C)cc(C)cc1C1(N)CCCC1. The number of hydrogen-bond acceptors (Lipinski definition) is 2. The largest absolute Gasteiger partial charge is 0.496 e. The Kier molecular flexibility index (Phi) is 3.65. The maximum Gasteiger partial charge on any atom is 0.127 e. The quantitative estimate of drug-likeness (QED) is 0.872. The summed E-state index contributed by atoms with van der Waals surface area (Å²) >= 11 is 0. The van der Waals surface area contributed by atoms with E-state index in [4.69, 9.17) is 10.5 Å². The molecule has 1 saturated carbocycles. The number of rotatable bonds is 2. The van der Waals surface area contributed by atoms with Gasteiger partial charge in [0.05, 0.1) is 7.11 Å². The van der Waals surface area contributed by atoms with E-state index in [-0.39, 0.29) is 11.0 Å². The Hall–Kier alpha value is -1.02. The van der Waals surface area contributed by atoms with Gasteiger partial charge in [0.1, 0.15) is 5.75 Å². The fourth-order valence-corrected chi connectivity index (χ4v) is 3.20. The summed E-state index contributed by atoms with van der Waals surface area (Å²) in [5.41, 5.74) is 10.3. The van der Waals surface area contributed by atoms with Crippen LogP contribution in [0.2, 0.25) is 0 Å². The molecule has 0 heterocycles. The minimum Gasteiger partial charge on any atom is -0.496 e. The average molecular weight is 261 g/mol. The molecule has 0 radical (unpaired) electrons. The lowest BCUT2D eigenvalue weighted by atomic mass is 9.79. The van der Waals surface area contributed by atoms with Gasteiger partial charge in [0, 0.05) is 16.7 Å². The van der Waals surface area contributed by atoms with Crippen molar-refractivity contribution in [2.75, 3.05) is 7.11 Å². The molecular formula is C17H27NO. The van der Waals surface area contributed by atoms with Crippen molar-refractivity contribution < 1.29 is 4.74 Å². The first-order chi connectivity index (χ1) is 8.78. The van der Waals surface area contributed by atoms with Gasteiger partial charge in [-0.3, -0.25) is 0 Å². The molecular weight excluding hydrogens is 234 g/mol. The first-order valence-electron chi connectivity index (χ1n) is 7.26. The molecule has 2 N–H and O–H groups in total. The van der Waals surface area contributed by atoms with Crippen LogP contribution >= 0.6 is 0 Å². The Morgan fingerprint density at radius 1 is 1.16 bits per heavy atom. The molecule has 2 heteroatoms. The van der Waals surface area contributed by atoms with Crippen LogP contribution in [0.15, 0.2) is 12.1 Å². The van der Waals surface area contributed by atoms with Crippen molar-refractivity contribution >= 4 is 0 Å². The van der Waals surface area contributed by atoms with Crippen molar-refractivity contribution in [2.24, 2.45) is 5.73 Å². The Morgan fingerprint density at radius 3 is 2.21 bits per heavy atom. The Labute approximate surface area is 117 Å². The van der Waals surface area contributed by atoms with Crippen molar-refractivity contribution in [1.82, 2.24) is 0 Å². The van der Waals surface area contributed by atoms with Gasteiger partial charge in [-0.2, -0.15) is 0 Å². The molecule has 2 rings (SSSR count). The fraction of sp³-hybridized carbons (Fsp3) is 0.647. The maximum atomic E-state index is 6.66. The van der Waals surface area contributed by atoms with Gasteiger partial charge in [0.2, 0.25) is 0 Å². The van der Waals surface area contributed by atoms with E-state index in [1.807, 2.05) is 0 Å². The molecule has 1 fully saturated rings. The standard InChI is InChI=1S/C17H27NO/c1-12-10-13(16(2,3)4)15(19-5)14(11-12)17(18)8-6-7-9-17/h10-11H,6-9,18H2,1-5H3. The second kappa shape index (κ2) is 4.82. The number of methoxy groups -OCH3 is 1. The number of hydrogen-bond donors (Lipinski definition) is 1. The maximum absolute atomic E-state index is 6.66. The molecule has 0 aliphatic heterocycles. The van der Waals surface area contributed by atoms with E-state index in [2.05, 4.69) is 39.8 Å². The topological polar surface area (TPSA) is 35.2 Å². The second-order valence-electron chi connectivity index (χ2n) is 7.01. The van der Waals surface area contributed by atoms with Crippen LogP contribution < -0.4 is 10.5 Å². The van der Waals surface area contributed by atoms with Crippen LogP contribution in [0.4, 0.5) is 0 Å². The van der Waals surface area contributed by atoms with Crippen LogP contribution in [0, 0.1) is 6.92 Å². The molecule has 1 aliphatic rings. The third-order valence-corrected chi connectivity index (χ3v) is 4.28. The third-order valence-electron chi connectivity index (χ3n) is 4.28. The van der Waals surface area contributed by atoms with Gasteiger partial charge in [-0.05, 0) is 25.2 Å². The van der Waals surface area contributed by atoms with Crippen LogP contribution in [-0.4, -0.2) is 7.11 Å². The van der Waals surface area contributed by atoms with Crippen molar-refractivity contribution in [1.29, 1.82) is 0 Å². The smallest absolute Gasteiger partial charge is 0.127 e. The molecule has 0 saturated heterocycles. The average Bonchev–Trinajstić information content (AvgIpc) is 2.75. The summed E-state index contributed by atoms with van der Waals surface area (Å²) in [7, 11) is 1.77. The zero-order valence-corrected chi connectivity index (χ0v) is 13.0. The van der Waals surface area contributed by atoms with Crippen molar-refractivity contribution in [2.45, 2.75) is 64.3 Å². The van der Waals surface area contributed by atoms with Crippen LogP contribution in [0.1, 0.15) is 63.1 Å². The van der Waals surface area contributed by atoms with E-state index in [0.717, 1.165) is 18.6 Å². The molecule has 1 aromatic rings. The molecule has 0 aromatic heterocycles. The predicted molar refractivity (Wildman–Crippen MR) is 80.8 cm³/mol. The molecule has 1 aliphatic carbocycles. The molecule has 0 amide bonds. The second-order valence-corrected chi connectivity index (χ2v) is 7.01. The van der Waals surface area contributed by atoms with E-state index >= 15 is 0 Å². The normalized spacial score (nSPS) is 18.6. The lowest BCUT2D eigenvalue weighted by molar-refractivity contribution is 0.366. The van der Waals surface area contributed by atoms with Gasteiger partial charge < -0.3 is 10.5 Å². The first kappa shape index (κ1) is 14.4. The molecule has 19 heavy (non-hydrogen) atoms. The van der Waals surface area contributed by atoms with Gasteiger partial charge >= 0.3 is 0 Å². The highest BCUT2D eigenvalue weighted by atomic mass is 16.5.